The van der Waals surface area contributed by atoms with Gasteiger partial charge in [0.2, 0.25) is 5.91 Å². The van der Waals surface area contributed by atoms with Gasteiger partial charge in [-0.1, -0.05) is 37.3 Å². The van der Waals surface area contributed by atoms with E-state index < -0.39 is 0 Å². The molecule has 108 valence electrons. The third-order valence-electron chi connectivity index (χ3n) is 4.02. The molecule has 0 radical (unpaired) electrons. The van der Waals surface area contributed by atoms with E-state index in [4.69, 9.17) is 4.74 Å². The molecule has 4 nitrogen and oxygen atoms in total. The molecule has 4 heteroatoms. The number of amides is 1. The number of esters is 1. The maximum Gasteiger partial charge on any atom is 0.306 e. The Kier molecular flexibility index (Phi) is 4.77. The Morgan fingerprint density at radius 3 is 2.60 bits per heavy atom. The summed E-state index contributed by atoms with van der Waals surface area (Å²) in [6, 6.07) is 9.60. The fourth-order valence-corrected chi connectivity index (χ4v) is 2.90. The molecule has 0 heterocycles. The van der Waals surface area contributed by atoms with Crippen LogP contribution in [0, 0.1) is 17.8 Å². The average molecular weight is 275 g/mol. The fourth-order valence-electron chi connectivity index (χ4n) is 2.90. The molecule has 1 saturated carbocycles. The van der Waals surface area contributed by atoms with Crippen LogP contribution < -0.4 is 5.32 Å². The first kappa shape index (κ1) is 14.6. The topological polar surface area (TPSA) is 55.4 Å². The van der Waals surface area contributed by atoms with Crippen LogP contribution in [0.5, 0.6) is 0 Å². The Morgan fingerprint density at radius 1 is 1.30 bits per heavy atom. The number of rotatable bonds is 5. The summed E-state index contributed by atoms with van der Waals surface area (Å²) in [5.74, 6) is 0.226. The number of hydrogen-bond donors (Lipinski definition) is 1. The molecular weight excluding hydrogens is 254 g/mol. The van der Waals surface area contributed by atoms with E-state index in [0.717, 1.165) is 12.0 Å². The summed E-state index contributed by atoms with van der Waals surface area (Å²) in [6.07, 6.45) is 1.24. The van der Waals surface area contributed by atoms with Crippen molar-refractivity contribution in [3.63, 3.8) is 0 Å². The molecule has 1 fully saturated rings. The summed E-state index contributed by atoms with van der Waals surface area (Å²) in [6.45, 7) is 2.35. The van der Waals surface area contributed by atoms with Crippen LogP contribution in [-0.4, -0.2) is 18.9 Å². The number of carbonyl (C=O) groups is 2. The van der Waals surface area contributed by atoms with Crippen molar-refractivity contribution in [2.24, 2.45) is 17.8 Å². The van der Waals surface area contributed by atoms with Gasteiger partial charge < -0.3 is 10.1 Å². The Labute approximate surface area is 119 Å². The molecule has 20 heavy (non-hydrogen) atoms. The maximum absolute atomic E-state index is 11.8. The molecule has 1 aromatic rings. The van der Waals surface area contributed by atoms with Crippen molar-refractivity contribution in [2.45, 2.75) is 26.4 Å². The SMILES string of the molecule is CNC(=O)C1C(C)CC1CC(=O)OCc1ccccc1. The van der Waals surface area contributed by atoms with Crippen molar-refractivity contribution in [3.8, 4) is 0 Å². The van der Waals surface area contributed by atoms with E-state index in [1.807, 2.05) is 37.3 Å². The van der Waals surface area contributed by atoms with Gasteiger partial charge in [0.1, 0.15) is 6.61 Å². The van der Waals surface area contributed by atoms with Gasteiger partial charge in [-0.25, -0.2) is 0 Å². The zero-order chi connectivity index (χ0) is 14.5. The summed E-state index contributed by atoms with van der Waals surface area (Å²) >= 11 is 0. The minimum atomic E-state index is -0.223. The fraction of sp³-hybridized carbons (Fsp3) is 0.500. The third kappa shape index (κ3) is 3.38. The predicted octanol–water partition coefficient (Wildman–Crippen LogP) is 2.14. The maximum atomic E-state index is 11.8. The van der Waals surface area contributed by atoms with E-state index in [0.29, 0.717) is 18.9 Å². The summed E-state index contributed by atoms with van der Waals surface area (Å²) in [7, 11) is 1.64. The van der Waals surface area contributed by atoms with Gasteiger partial charge >= 0.3 is 5.97 Å². The quantitative estimate of drug-likeness (QED) is 0.838. The van der Waals surface area contributed by atoms with Crippen molar-refractivity contribution in [3.05, 3.63) is 35.9 Å². The Hall–Kier alpha value is -1.84. The van der Waals surface area contributed by atoms with Gasteiger partial charge in [0.05, 0.1) is 0 Å². The lowest BCUT2D eigenvalue weighted by Crippen LogP contribution is -2.46. The van der Waals surface area contributed by atoms with Crippen molar-refractivity contribution < 1.29 is 14.3 Å². The minimum Gasteiger partial charge on any atom is -0.461 e. The molecule has 3 atom stereocenters. The Morgan fingerprint density at radius 2 is 2.00 bits per heavy atom. The highest BCUT2D eigenvalue weighted by Gasteiger charge is 2.43. The molecule has 1 aliphatic rings. The molecule has 3 unspecified atom stereocenters. The van der Waals surface area contributed by atoms with Crippen LogP contribution in [0.15, 0.2) is 30.3 Å². The first-order chi connectivity index (χ1) is 9.61. The molecule has 0 spiro atoms. The third-order valence-corrected chi connectivity index (χ3v) is 4.02. The summed E-state index contributed by atoms with van der Waals surface area (Å²) in [5, 5.41) is 2.67. The van der Waals surface area contributed by atoms with Gasteiger partial charge in [0.25, 0.3) is 0 Å². The van der Waals surface area contributed by atoms with Gasteiger partial charge in [-0.3, -0.25) is 9.59 Å². The number of ether oxygens (including phenoxy) is 1. The van der Waals surface area contributed by atoms with Gasteiger partial charge in [0, 0.05) is 19.4 Å². The Bertz CT molecular complexity index is 472. The molecule has 0 bridgehead atoms. The van der Waals surface area contributed by atoms with Gasteiger partial charge in [-0.15, -0.1) is 0 Å². The lowest BCUT2D eigenvalue weighted by Gasteiger charge is -2.41. The molecule has 0 saturated heterocycles. The molecule has 1 aliphatic carbocycles. The molecule has 0 aliphatic heterocycles. The molecule has 1 amide bonds. The number of benzene rings is 1. The van der Waals surface area contributed by atoms with Crippen LogP contribution in [0.3, 0.4) is 0 Å². The van der Waals surface area contributed by atoms with Crippen molar-refractivity contribution >= 4 is 11.9 Å². The van der Waals surface area contributed by atoms with E-state index in [1.165, 1.54) is 0 Å². The largest absolute Gasteiger partial charge is 0.461 e. The number of carbonyl (C=O) groups excluding carboxylic acids is 2. The van der Waals surface area contributed by atoms with Crippen LogP contribution >= 0.6 is 0 Å². The highest BCUT2D eigenvalue weighted by molar-refractivity contribution is 5.81. The summed E-state index contributed by atoms with van der Waals surface area (Å²) in [4.78, 5) is 23.5. The van der Waals surface area contributed by atoms with E-state index >= 15 is 0 Å². The summed E-state index contributed by atoms with van der Waals surface area (Å²) < 4.78 is 5.26. The van der Waals surface area contributed by atoms with Crippen LogP contribution in [-0.2, 0) is 20.9 Å². The second-order valence-electron chi connectivity index (χ2n) is 5.46. The first-order valence-corrected chi connectivity index (χ1v) is 7.03. The summed E-state index contributed by atoms with van der Waals surface area (Å²) in [5.41, 5.74) is 0.977. The second kappa shape index (κ2) is 6.55. The Balaban J connectivity index is 1.79. The minimum absolute atomic E-state index is 0.0320. The zero-order valence-electron chi connectivity index (χ0n) is 12.0. The highest BCUT2D eigenvalue weighted by atomic mass is 16.5. The van der Waals surface area contributed by atoms with Crippen molar-refractivity contribution in [2.75, 3.05) is 7.05 Å². The van der Waals surface area contributed by atoms with E-state index in [2.05, 4.69) is 5.32 Å². The number of hydrogen-bond acceptors (Lipinski definition) is 3. The monoisotopic (exact) mass is 275 g/mol. The van der Waals surface area contributed by atoms with Gasteiger partial charge in [0.15, 0.2) is 0 Å². The van der Waals surface area contributed by atoms with E-state index in [1.54, 1.807) is 7.05 Å². The van der Waals surface area contributed by atoms with Gasteiger partial charge in [-0.05, 0) is 23.8 Å². The lowest BCUT2D eigenvalue weighted by molar-refractivity contribution is -0.150. The molecule has 0 aromatic heterocycles. The van der Waals surface area contributed by atoms with Crippen LogP contribution in [0.1, 0.15) is 25.3 Å². The van der Waals surface area contributed by atoms with Crippen molar-refractivity contribution in [1.29, 1.82) is 0 Å². The van der Waals surface area contributed by atoms with Gasteiger partial charge in [-0.2, -0.15) is 0 Å². The number of nitrogens with one attached hydrogen (secondary N) is 1. The van der Waals surface area contributed by atoms with Crippen molar-refractivity contribution in [1.82, 2.24) is 5.32 Å². The average Bonchev–Trinajstić information content (AvgIpc) is 2.45. The lowest BCUT2D eigenvalue weighted by atomic mass is 9.64. The smallest absolute Gasteiger partial charge is 0.306 e. The van der Waals surface area contributed by atoms with Crippen LogP contribution in [0.25, 0.3) is 0 Å². The standard InChI is InChI=1S/C16H21NO3/c1-11-8-13(15(11)16(19)17-2)9-14(18)20-10-12-6-4-3-5-7-12/h3-7,11,13,15H,8-10H2,1-2H3,(H,17,19). The molecule has 1 aromatic carbocycles. The molecular formula is C16H21NO3. The van der Waals surface area contributed by atoms with E-state index in [9.17, 15) is 9.59 Å². The molecule has 2 rings (SSSR count). The highest BCUT2D eigenvalue weighted by Crippen LogP contribution is 2.42. The second-order valence-corrected chi connectivity index (χ2v) is 5.46. The molecule has 1 N–H and O–H groups in total. The van der Waals surface area contributed by atoms with Crippen LogP contribution in [0.4, 0.5) is 0 Å². The zero-order valence-corrected chi connectivity index (χ0v) is 12.0. The van der Waals surface area contributed by atoms with Crippen LogP contribution in [0.2, 0.25) is 0 Å². The van der Waals surface area contributed by atoms with E-state index in [-0.39, 0.29) is 23.7 Å². The predicted molar refractivity (Wildman–Crippen MR) is 75.7 cm³/mol. The first-order valence-electron chi connectivity index (χ1n) is 7.03. The normalized spacial score (nSPS) is 24.6.